The first-order valence-corrected chi connectivity index (χ1v) is 7.02. The van der Waals surface area contributed by atoms with Crippen LogP contribution in [0.2, 0.25) is 0 Å². The van der Waals surface area contributed by atoms with Crippen LogP contribution in [0.1, 0.15) is 25.3 Å². The van der Waals surface area contributed by atoms with E-state index in [-0.39, 0.29) is 6.10 Å². The Morgan fingerprint density at radius 2 is 2.11 bits per heavy atom. The Balaban J connectivity index is 1.63. The largest absolute Gasteiger partial charge is 0.454 e. The number of fused-ring (bicyclic) bond motifs is 1. The van der Waals surface area contributed by atoms with Crippen molar-refractivity contribution in [3.63, 3.8) is 0 Å². The number of para-hydroxylation sites is 1. The molecule has 1 aromatic carbocycles. The van der Waals surface area contributed by atoms with Crippen LogP contribution >= 0.6 is 0 Å². The van der Waals surface area contributed by atoms with E-state index in [2.05, 4.69) is 11.0 Å². The van der Waals surface area contributed by atoms with E-state index in [4.69, 9.17) is 9.47 Å². The van der Waals surface area contributed by atoms with E-state index in [1.807, 2.05) is 19.1 Å². The van der Waals surface area contributed by atoms with Gasteiger partial charge >= 0.3 is 0 Å². The molecule has 0 bridgehead atoms. The maximum atomic E-state index is 9.62. The lowest BCUT2D eigenvalue weighted by molar-refractivity contribution is 0.0691. The van der Waals surface area contributed by atoms with Crippen LogP contribution in [-0.4, -0.2) is 36.0 Å². The zero-order chi connectivity index (χ0) is 13.2. The maximum absolute atomic E-state index is 9.62. The molecule has 1 N–H and O–H groups in total. The van der Waals surface area contributed by atoms with Crippen LogP contribution in [0.5, 0.6) is 11.5 Å². The van der Waals surface area contributed by atoms with Crippen LogP contribution in [0.4, 0.5) is 0 Å². The Labute approximate surface area is 113 Å². The molecule has 0 aliphatic carbocycles. The standard InChI is InChI=1S/C15H21NO3/c1-11(17)12-5-7-16(8-6-12)9-13-3-2-4-14-15(13)19-10-18-14/h2-4,11-12,17H,5-10H2,1H3. The van der Waals surface area contributed by atoms with Crippen LogP contribution in [0, 0.1) is 5.92 Å². The number of piperidine rings is 1. The van der Waals surface area contributed by atoms with Crippen molar-refractivity contribution >= 4 is 0 Å². The van der Waals surface area contributed by atoms with E-state index in [1.54, 1.807) is 0 Å². The molecule has 1 aromatic rings. The molecule has 0 saturated carbocycles. The number of likely N-dealkylation sites (tertiary alicyclic amines) is 1. The Hall–Kier alpha value is -1.26. The molecule has 0 aromatic heterocycles. The summed E-state index contributed by atoms with van der Waals surface area (Å²) in [7, 11) is 0. The Kier molecular flexibility index (Phi) is 3.62. The number of aliphatic hydroxyl groups is 1. The van der Waals surface area contributed by atoms with Gasteiger partial charge in [0.1, 0.15) is 0 Å². The molecule has 104 valence electrons. The number of hydrogen-bond donors (Lipinski definition) is 1. The van der Waals surface area contributed by atoms with Gasteiger partial charge in [-0.2, -0.15) is 0 Å². The van der Waals surface area contributed by atoms with Gasteiger partial charge in [0.2, 0.25) is 6.79 Å². The summed E-state index contributed by atoms with van der Waals surface area (Å²) in [5.74, 6) is 2.22. The predicted molar refractivity (Wildman–Crippen MR) is 72.2 cm³/mol. The van der Waals surface area contributed by atoms with E-state index in [1.165, 1.54) is 5.56 Å². The first kappa shape index (κ1) is 12.8. The molecule has 1 fully saturated rings. The third kappa shape index (κ3) is 2.69. The van der Waals surface area contributed by atoms with Gasteiger partial charge in [0, 0.05) is 12.1 Å². The molecule has 19 heavy (non-hydrogen) atoms. The molecule has 2 heterocycles. The monoisotopic (exact) mass is 263 g/mol. The fourth-order valence-corrected chi connectivity index (χ4v) is 2.95. The van der Waals surface area contributed by atoms with Crippen molar-refractivity contribution in [1.82, 2.24) is 4.90 Å². The fourth-order valence-electron chi connectivity index (χ4n) is 2.95. The summed E-state index contributed by atoms with van der Waals surface area (Å²) >= 11 is 0. The molecule has 3 rings (SSSR count). The third-order valence-electron chi connectivity index (χ3n) is 4.19. The van der Waals surface area contributed by atoms with Gasteiger partial charge in [0.05, 0.1) is 6.10 Å². The average Bonchev–Trinajstić information content (AvgIpc) is 2.89. The van der Waals surface area contributed by atoms with Crippen molar-refractivity contribution in [1.29, 1.82) is 0 Å². The number of ether oxygens (including phenoxy) is 2. The number of hydrogen-bond acceptors (Lipinski definition) is 4. The Bertz CT molecular complexity index is 439. The van der Waals surface area contributed by atoms with Crippen molar-refractivity contribution in [3.05, 3.63) is 23.8 Å². The number of benzene rings is 1. The molecule has 0 radical (unpaired) electrons. The van der Waals surface area contributed by atoms with Gasteiger partial charge in [0.15, 0.2) is 11.5 Å². The second kappa shape index (κ2) is 5.39. The van der Waals surface area contributed by atoms with Crippen LogP contribution in [0.25, 0.3) is 0 Å². The second-order valence-corrected chi connectivity index (χ2v) is 5.51. The van der Waals surface area contributed by atoms with E-state index < -0.39 is 0 Å². The third-order valence-corrected chi connectivity index (χ3v) is 4.19. The van der Waals surface area contributed by atoms with E-state index in [0.717, 1.165) is 44.0 Å². The van der Waals surface area contributed by atoms with Gasteiger partial charge in [-0.3, -0.25) is 4.90 Å². The van der Waals surface area contributed by atoms with Crippen molar-refractivity contribution < 1.29 is 14.6 Å². The lowest BCUT2D eigenvalue weighted by Gasteiger charge is -2.33. The molecule has 4 nitrogen and oxygen atoms in total. The van der Waals surface area contributed by atoms with Crippen LogP contribution in [0.3, 0.4) is 0 Å². The summed E-state index contributed by atoms with van der Waals surface area (Å²) < 4.78 is 10.9. The Morgan fingerprint density at radius 3 is 2.84 bits per heavy atom. The van der Waals surface area contributed by atoms with Gasteiger partial charge in [-0.05, 0) is 44.8 Å². The zero-order valence-electron chi connectivity index (χ0n) is 11.3. The van der Waals surface area contributed by atoms with Crippen LogP contribution in [-0.2, 0) is 6.54 Å². The maximum Gasteiger partial charge on any atom is 0.231 e. The van der Waals surface area contributed by atoms with Crippen molar-refractivity contribution in [2.75, 3.05) is 19.9 Å². The molecule has 0 amide bonds. The SMILES string of the molecule is CC(O)C1CCN(Cc2cccc3c2OCO3)CC1. The Morgan fingerprint density at radius 1 is 1.32 bits per heavy atom. The topological polar surface area (TPSA) is 41.9 Å². The lowest BCUT2D eigenvalue weighted by Crippen LogP contribution is -2.36. The lowest BCUT2D eigenvalue weighted by atomic mass is 9.92. The second-order valence-electron chi connectivity index (χ2n) is 5.51. The first-order chi connectivity index (χ1) is 9.24. The van der Waals surface area contributed by atoms with E-state index >= 15 is 0 Å². The quantitative estimate of drug-likeness (QED) is 0.906. The van der Waals surface area contributed by atoms with E-state index in [0.29, 0.717) is 12.7 Å². The van der Waals surface area contributed by atoms with Gasteiger partial charge < -0.3 is 14.6 Å². The van der Waals surface area contributed by atoms with Crippen molar-refractivity contribution in [3.8, 4) is 11.5 Å². The first-order valence-electron chi connectivity index (χ1n) is 7.02. The van der Waals surface area contributed by atoms with Gasteiger partial charge in [-0.15, -0.1) is 0 Å². The predicted octanol–water partition coefficient (Wildman–Crippen LogP) is 2.01. The highest BCUT2D eigenvalue weighted by molar-refractivity contribution is 5.48. The smallest absolute Gasteiger partial charge is 0.231 e. The highest BCUT2D eigenvalue weighted by Crippen LogP contribution is 2.36. The summed E-state index contributed by atoms with van der Waals surface area (Å²) in [5, 5.41) is 9.62. The molecule has 2 aliphatic rings. The number of rotatable bonds is 3. The minimum Gasteiger partial charge on any atom is -0.454 e. The number of nitrogens with zero attached hydrogens (tertiary/aromatic N) is 1. The minimum atomic E-state index is -0.181. The zero-order valence-corrected chi connectivity index (χ0v) is 11.3. The summed E-state index contributed by atoms with van der Waals surface area (Å²) in [5.41, 5.74) is 1.20. The van der Waals surface area contributed by atoms with Gasteiger partial charge in [-0.25, -0.2) is 0 Å². The molecule has 2 aliphatic heterocycles. The normalized spacial score (nSPS) is 21.6. The highest BCUT2D eigenvalue weighted by Gasteiger charge is 2.24. The summed E-state index contributed by atoms with van der Waals surface area (Å²) in [6, 6.07) is 6.07. The summed E-state index contributed by atoms with van der Waals surface area (Å²) in [6.45, 7) is 5.21. The molecule has 1 unspecified atom stereocenters. The minimum absolute atomic E-state index is 0.181. The average molecular weight is 263 g/mol. The highest BCUT2D eigenvalue weighted by atomic mass is 16.7. The van der Waals surface area contributed by atoms with Crippen LogP contribution < -0.4 is 9.47 Å². The summed E-state index contributed by atoms with van der Waals surface area (Å²) in [4.78, 5) is 2.43. The molecular weight excluding hydrogens is 242 g/mol. The number of aliphatic hydroxyl groups excluding tert-OH is 1. The van der Waals surface area contributed by atoms with Gasteiger partial charge in [0.25, 0.3) is 0 Å². The molecule has 4 heteroatoms. The molecule has 1 atom stereocenters. The van der Waals surface area contributed by atoms with E-state index in [9.17, 15) is 5.11 Å². The van der Waals surface area contributed by atoms with Crippen molar-refractivity contribution in [2.45, 2.75) is 32.4 Å². The molecule has 0 spiro atoms. The summed E-state index contributed by atoms with van der Waals surface area (Å²) in [6.07, 6.45) is 1.97. The molecular formula is C15H21NO3. The molecule has 1 saturated heterocycles. The fraction of sp³-hybridized carbons (Fsp3) is 0.600. The van der Waals surface area contributed by atoms with Crippen molar-refractivity contribution in [2.24, 2.45) is 5.92 Å². The van der Waals surface area contributed by atoms with Crippen LogP contribution in [0.15, 0.2) is 18.2 Å². The van der Waals surface area contributed by atoms with Gasteiger partial charge in [-0.1, -0.05) is 12.1 Å².